The highest BCUT2D eigenvalue weighted by molar-refractivity contribution is 6.05. The molecule has 2 aliphatic heterocycles. The molecule has 0 aliphatic carbocycles. The average Bonchev–Trinajstić information content (AvgIpc) is 2.90. The largest absolute Gasteiger partial charge is 0.378 e. The lowest BCUT2D eigenvalue weighted by Gasteiger charge is -2.44. The summed E-state index contributed by atoms with van der Waals surface area (Å²) in [4.78, 5) is 23.3. The van der Waals surface area contributed by atoms with Crippen LogP contribution in [0.5, 0.6) is 0 Å². The molecule has 3 aromatic rings. The van der Waals surface area contributed by atoms with Crippen LogP contribution >= 0.6 is 0 Å². The van der Waals surface area contributed by atoms with Gasteiger partial charge in [-0.25, -0.2) is 9.37 Å². The molecule has 0 spiro atoms. The smallest absolute Gasteiger partial charge is 0.167 e. The fraction of sp³-hybridized carbons (Fsp3) is 0.355. The van der Waals surface area contributed by atoms with Crippen LogP contribution in [0.3, 0.4) is 0 Å². The van der Waals surface area contributed by atoms with Crippen LogP contribution in [0, 0.1) is 18.2 Å². The summed E-state index contributed by atoms with van der Waals surface area (Å²) in [6, 6.07) is 20.6. The van der Waals surface area contributed by atoms with Gasteiger partial charge in [0.25, 0.3) is 0 Å². The Morgan fingerprint density at radius 2 is 1.73 bits per heavy atom. The molecular formula is C31H34FN3O2. The van der Waals surface area contributed by atoms with Gasteiger partial charge in [-0.2, -0.15) is 0 Å². The van der Waals surface area contributed by atoms with Gasteiger partial charge in [0, 0.05) is 37.2 Å². The third kappa shape index (κ3) is 5.65. The van der Waals surface area contributed by atoms with Gasteiger partial charge < -0.3 is 9.64 Å². The molecule has 0 radical (unpaired) electrons. The summed E-state index contributed by atoms with van der Waals surface area (Å²) in [5.74, 6) is 0.692. The number of nitrogens with zero attached hydrogens (tertiary/aromatic N) is 3. The maximum Gasteiger partial charge on any atom is 0.167 e. The van der Waals surface area contributed by atoms with Gasteiger partial charge in [-0.05, 0) is 48.4 Å². The van der Waals surface area contributed by atoms with Crippen LogP contribution < -0.4 is 4.90 Å². The average molecular weight is 500 g/mol. The zero-order valence-corrected chi connectivity index (χ0v) is 21.8. The van der Waals surface area contributed by atoms with Gasteiger partial charge in [-0.1, -0.05) is 61.9 Å². The monoisotopic (exact) mass is 499 g/mol. The molecule has 2 aromatic carbocycles. The number of hydrogen-bond donors (Lipinski definition) is 0. The third-order valence-corrected chi connectivity index (χ3v) is 7.22. The molecule has 1 aromatic heterocycles. The van der Waals surface area contributed by atoms with E-state index in [1.807, 2.05) is 38.1 Å². The van der Waals surface area contributed by atoms with Crippen molar-refractivity contribution in [2.75, 3.05) is 37.7 Å². The van der Waals surface area contributed by atoms with Crippen molar-refractivity contribution < 1.29 is 13.9 Å². The summed E-state index contributed by atoms with van der Waals surface area (Å²) >= 11 is 0. The predicted molar refractivity (Wildman–Crippen MR) is 145 cm³/mol. The molecule has 2 saturated heterocycles. The standard InChI is InChI=1S/C31H34FN3O2/c1-22-7-9-23(10-8-22)20-35-21-31(2,3)30(36)27(29(35)24-11-13-25(32)14-12-24)19-26-5-4-6-28(33-26)34-15-17-37-18-16-34/h4-14,19,29H,15-18,20-21H2,1-3H3. The lowest BCUT2D eigenvalue weighted by molar-refractivity contribution is -0.128. The fourth-order valence-electron chi connectivity index (χ4n) is 5.29. The van der Waals surface area contributed by atoms with Crippen molar-refractivity contribution in [1.82, 2.24) is 9.88 Å². The minimum atomic E-state index is -0.575. The minimum Gasteiger partial charge on any atom is -0.378 e. The van der Waals surface area contributed by atoms with Gasteiger partial charge in [-0.3, -0.25) is 9.69 Å². The summed E-state index contributed by atoms with van der Waals surface area (Å²) in [5, 5.41) is 0. The van der Waals surface area contributed by atoms with E-state index in [1.54, 1.807) is 12.1 Å². The molecule has 2 aliphatic rings. The molecule has 192 valence electrons. The number of piperidine rings is 1. The number of ether oxygens (including phenoxy) is 1. The van der Waals surface area contributed by atoms with Gasteiger partial charge >= 0.3 is 0 Å². The lowest BCUT2D eigenvalue weighted by atomic mass is 9.74. The molecule has 0 saturated carbocycles. The van der Waals surface area contributed by atoms with Crippen molar-refractivity contribution >= 4 is 17.7 Å². The first kappa shape index (κ1) is 25.3. The maximum absolute atomic E-state index is 13.9. The molecule has 2 fully saturated rings. The normalized spacial score (nSPS) is 21.4. The van der Waals surface area contributed by atoms with Gasteiger partial charge in [0.15, 0.2) is 5.78 Å². The number of aryl methyl sites for hydroxylation is 1. The highest BCUT2D eigenvalue weighted by Gasteiger charge is 2.44. The predicted octanol–water partition coefficient (Wildman–Crippen LogP) is 5.60. The number of halogens is 1. The molecule has 5 nitrogen and oxygen atoms in total. The van der Waals surface area contributed by atoms with Gasteiger partial charge in [0.1, 0.15) is 11.6 Å². The van der Waals surface area contributed by atoms with Crippen molar-refractivity contribution in [2.24, 2.45) is 5.41 Å². The topological polar surface area (TPSA) is 45.7 Å². The quantitative estimate of drug-likeness (QED) is 0.428. The van der Waals surface area contributed by atoms with Crippen LogP contribution in [0.15, 0.2) is 72.3 Å². The van der Waals surface area contributed by atoms with Crippen molar-refractivity contribution in [3.8, 4) is 0 Å². The van der Waals surface area contributed by atoms with Crippen LogP contribution in [0.1, 0.15) is 42.3 Å². The number of benzene rings is 2. The van der Waals surface area contributed by atoms with Crippen molar-refractivity contribution in [2.45, 2.75) is 33.4 Å². The second-order valence-electron chi connectivity index (χ2n) is 10.7. The Morgan fingerprint density at radius 1 is 1.03 bits per heavy atom. The van der Waals surface area contributed by atoms with Crippen LogP contribution in [0.4, 0.5) is 10.2 Å². The van der Waals surface area contributed by atoms with Gasteiger partial charge in [-0.15, -0.1) is 0 Å². The van der Waals surface area contributed by atoms with Crippen LogP contribution in [-0.4, -0.2) is 48.5 Å². The molecule has 1 atom stereocenters. The van der Waals surface area contributed by atoms with E-state index in [1.165, 1.54) is 23.3 Å². The maximum atomic E-state index is 13.9. The number of morpholine rings is 1. The van der Waals surface area contributed by atoms with E-state index >= 15 is 0 Å². The summed E-state index contributed by atoms with van der Waals surface area (Å²) in [7, 11) is 0. The van der Waals surface area contributed by atoms with Crippen molar-refractivity contribution in [3.05, 3.63) is 101 Å². The number of likely N-dealkylation sites (tertiary alicyclic amines) is 1. The number of rotatable bonds is 5. The molecule has 3 heterocycles. The van der Waals surface area contributed by atoms with Crippen molar-refractivity contribution in [1.29, 1.82) is 0 Å². The number of ketones is 1. The van der Waals surface area contributed by atoms with E-state index in [2.05, 4.69) is 41.0 Å². The fourth-order valence-corrected chi connectivity index (χ4v) is 5.29. The van der Waals surface area contributed by atoms with E-state index in [0.717, 1.165) is 30.2 Å². The van der Waals surface area contributed by atoms with Gasteiger partial charge in [0.2, 0.25) is 0 Å². The van der Waals surface area contributed by atoms with E-state index in [4.69, 9.17) is 9.72 Å². The Balaban J connectivity index is 1.57. The number of anilines is 1. The molecule has 0 N–H and O–H groups in total. The van der Waals surface area contributed by atoms with E-state index in [9.17, 15) is 9.18 Å². The zero-order valence-electron chi connectivity index (χ0n) is 21.8. The lowest BCUT2D eigenvalue weighted by Crippen LogP contribution is -2.49. The number of pyridine rings is 1. The Hall–Kier alpha value is -3.35. The number of Topliss-reactive ketones (excluding diaryl/α,β-unsaturated/α-hetero) is 1. The minimum absolute atomic E-state index is 0.0977. The highest BCUT2D eigenvalue weighted by atomic mass is 19.1. The van der Waals surface area contributed by atoms with E-state index < -0.39 is 5.41 Å². The first-order valence-electron chi connectivity index (χ1n) is 12.9. The Kier molecular flexibility index (Phi) is 7.22. The van der Waals surface area contributed by atoms with E-state index in [-0.39, 0.29) is 17.6 Å². The SMILES string of the molecule is Cc1ccc(CN2CC(C)(C)C(=O)C(=Cc3cccc(N4CCOCC4)n3)C2c2ccc(F)cc2)cc1. The summed E-state index contributed by atoms with van der Waals surface area (Å²) < 4.78 is 19.4. The van der Waals surface area contributed by atoms with Crippen molar-refractivity contribution in [3.63, 3.8) is 0 Å². The molecule has 1 unspecified atom stereocenters. The molecular weight excluding hydrogens is 465 g/mol. The zero-order chi connectivity index (χ0) is 26.0. The molecule has 6 heteroatoms. The molecule has 37 heavy (non-hydrogen) atoms. The third-order valence-electron chi connectivity index (χ3n) is 7.22. The molecule has 0 amide bonds. The van der Waals surface area contributed by atoms with E-state index in [0.29, 0.717) is 31.9 Å². The summed E-state index contributed by atoms with van der Waals surface area (Å²) in [6.45, 7) is 10.3. The van der Waals surface area contributed by atoms with Crippen LogP contribution in [-0.2, 0) is 16.1 Å². The second-order valence-corrected chi connectivity index (χ2v) is 10.7. The van der Waals surface area contributed by atoms with Gasteiger partial charge in [0.05, 0.1) is 24.9 Å². The summed E-state index contributed by atoms with van der Waals surface area (Å²) in [5.41, 5.74) is 4.13. The number of aromatic nitrogens is 1. The first-order chi connectivity index (χ1) is 17.8. The summed E-state index contributed by atoms with van der Waals surface area (Å²) in [6.07, 6.45) is 1.93. The molecule has 5 rings (SSSR count). The molecule has 0 bridgehead atoms. The first-order valence-corrected chi connectivity index (χ1v) is 12.9. The number of carbonyl (C=O) groups is 1. The highest BCUT2D eigenvalue weighted by Crippen LogP contribution is 2.42. The number of hydrogen-bond acceptors (Lipinski definition) is 5. The second kappa shape index (κ2) is 10.6. The Bertz CT molecular complexity index is 1280. The van der Waals surface area contributed by atoms with Crippen LogP contribution in [0.25, 0.3) is 6.08 Å². The van der Waals surface area contributed by atoms with Crippen LogP contribution in [0.2, 0.25) is 0 Å². The Labute approximate surface area is 218 Å². The Morgan fingerprint density at radius 3 is 2.43 bits per heavy atom. The number of carbonyl (C=O) groups excluding carboxylic acids is 1.